The highest BCUT2D eigenvalue weighted by Gasteiger charge is 2.34. The lowest BCUT2D eigenvalue weighted by molar-refractivity contribution is 0.305. The van der Waals surface area contributed by atoms with Crippen molar-refractivity contribution in [3.8, 4) is 11.6 Å². The van der Waals surface area contributed by atoms with Gasteiger partial charge in [0.25, 0.3) is 0 Å². The smallest absolute Gasteiger partial charge is 0.243 e. The first-order chi connectivity index (χ1) is 14.8. The zero-order valence-electron chi connectivity index (χ0n) is 17.3. The molecule has 0 radical (unpaired) electrons. The molecule has 0 saturated carbocycles. The summed E-state index contributed by atoms with van der Waals surface area (Å²) in [6.45, 7) is 5.09. The number of anilines is 1. The van der Waals surface area contributed by atoms with Gasteiger partial charge in [-0.15, -0.1) is 0 Å². The Balaban J connectivity index is 1.48. The van der Waals surface area contributed by atoms with Crippen molar-refractivity contribution in [2.45, 2.75) is 24.8 Å². The second-order valence-corrected chi connectivity index (χ2v) is 9.39. The topological polar surface area (TPSA) is 75.6 Å². The number of nitrogens with zero attached hydrogens (tertiary/aromatic N) is 4. The molecule has 0 aliphatic carbocycles. The van der Waals surface area contributed by atoms with E-state index in [1.165, 1.54) is 22.8 Å². The quantitative estimate of drug-likeness (QED) is 0.601. The first-order valence-corrected chi connectivity index (χ1v) is 11.4. The van der Waals surface area contributed by atoms with Gasteiger partial charge >= 0.3 is 0 Å². The van der Waals surface area contributed by atoms with Gasteiger partial charge in [-0.05, 0) is 38.1 Å². The number of ether oxygens (including phenoxy) is 1. The average Bonchev–Trinajstić information content (AvgIpc) is 2.74. The lowest BCUT2D eigenvalue weighted by atomic mass is 10.2. The van der Waals surface area contributed by atoms with Crippen LogP contribution in [0.4, 0.5) is 10.2 Å². The van der Waals surface area contributed by atoms with Crippen molar-refractivity contribution in [2.24, 2.45) is 0 Å². The predicted octanol–water partition coefficient (Wildman–Crippen LogP) is 3.62. The molecule has 31 heavy (non-hydrogen) atoms. The maximum Gasteiger partial charge on any atom is 0.243 e. The van der Waals surface area contributed by atoms with Crippen molar-refractivity contribution in [3.05, 3.63) is 72.3 Å². The minimum Gasteiger partial charge on any atom is -0.439 e. The predicted molar refractivity (Wildman–Crippen MR) is 115 cm³/mol. The van der Waals surface area contributed by atoms with Crippen molar-refractivity contribution < 1.29 is 17.5 Å². The second-order valence-electron chi connectivity index (χ2n) is 7.50. The van der Waals surface area contributed by atoms with Crippen molar-refractivity contribution >= 4 is 15.8 Å². The molecule has 1 atom stereocenters. The largest absolute Gasteiger partial charge is 0.439 e. The molecule has 1 saturated heterocycles. The molecule has 0 amide bonds. The summed E-state index contributed by atoms with van der Waals surface area (Å²) >= 11 is 0. The molecule has 1 fully saturated rings. The summed E-state index contributed by atoms with van der Waals surface area (Å²) in [5, 5.41) is 0. The maximum absolute atomic E-state index is 13.4. The van der Waals surface area contributed by atoms with Crippen LogP contribution < -0.4 is 9.64 Å². The highest BCUT2D eigenvalue weighted by Crippen LogP contribution is 2.26. The number of hydrogen-bond acceptors (Lipinski definition) is 6. The van der Waals surface area contributed by atoms with Gasteiger partial charge in [0.15, 0.2) is 0 Å². The highest BCUT2D eigenvalue weighted by atomic mass is 32.2. The average molecular weight is 443 g/mol. The SMILES string of the molecule is Cc1ccc(S(=O)(=O)N2CCN(c3cc(Oc4cccc(F)c4)ncn3)C[C@H]2C)cc1. The fraction of sp³-hybridized carbons (Fsp3) is 0.273. The van der Waals surface area contributed by atoms with Gasteiger partial charge < -0.3 is 9.64 Å². The molecule has 0 spiro atoms. The van der Waals surface area contributed by atoms with Gasteiger partial charge in [0.2, 0.25) is 15.9 Å². The molecule has 1 aromatic heterocycles. The fourth-order valence-corrected chi connectivity index (χ4v) is 5.17. The summed E-state index contributed by atoms with van der Waals surface area (Å²) in [4.78, 5) is 10.7. The first kappa shape index (κ1) is 21.2. The van der Waals surface area contributed by atoms with Gasteiger partial charge in [-0.3, -0.25) is 0 Å². The van der Waals surface area contributed by atoms with Crippen LogP contribution in [0.25, 0.3) is 0 Å². The van der Waals surface area contributed by atoms with Gasteiger partial charge in [-0.25, -0.2) is 22.8 Å². The molecular formula is C22H23FN4O3S. The van der Waals surface area contributed by atoms with Gasteiger partial charge in [-0.2, -0.15) is 4.31 Å². The van der Waals surface area contributed by atoms with E-state index in [1.807, 2.05) is 18.7 Å². The number of aromatic nitrogens is 2. The molecule has 1 aliphatic heterocycles. The Morgan fingerprint density at radius 2 is 1.84 bits per heavy atom. The van der Waals surface area contributed by atoms with E-state index < -0.39 is 15.8 Å². The van der Waals surface area contributed by atoms with E-state index in [2.05, 4.69) is 9.97 Å². The molecule has 7 nitrogen and oxygen atoms in total. The highest BCUT2D eigenvalue weighted by molar-refractivity contribution is 7.89. The van der Waals surface area contributed by atoms with Crippen LogP contribution >= 0.6 is 0 Å². The summed E-state index contributed by atoms with van der Waals surface area (Å²) in [6, 6.07) is 14.1. The van der Waals surface area contributed by atoms with Crippen molar-refractivity contribution in [2.75, 3.05) is 24.5 Å². The van der Waals surface area contributed by atoms with Gasteiger partial charge in [0.1, 0.15) is 23.7 Å². The number of aryl methyl sites for hydroxylation is 1. The van der Waals surface area contributed by atoms with Crippen LogP contribution in [0.2, 0.25) is 0 Å². The third-order valence-corrected chi connectivity index (χ3v) is 7.19. The third kappa shape index (κ3) is 4.67. The zero-order chi connectivity index (χ0) is 22.0. The molecule has 2 aromatic carbocycles. The summed E-state index contributed by atoms with van der Waals surface area (Å²) in [5.41, 5.74) is 1.01. The number of rotatable bonds is 5. The van der Waals surface area contributed by atoms with Crippen LogP contribution in [-0.4, -0.2) is 48.4 Å². The zero-order valence-corrected chi connectivity index (χ0v) is 18.1. The lowest BCUT2D eigenvalue weighted by Gasteiger charge is -2.39. The summed E-state index contributed by atoms with van der Waals surface area (Å²) in [5.74, 6) is 0.858. The monoisotopic (exact) mass is 442 g/mol. The van der Waals surface area contributed by atoms with Crippen LogP contribution in [-0.2, 0) is 10.0 Å². The number of sulfonamides is 1. The number of benzene rings is 2. The Kier molecular flexibility index (Phi) is 5.88. The summed E-state index contributed by atoms with van der Waals surface area (Å²) < 4.78 is 46.7. The minimum absolute atomic E-state index is 0.248. The maximum atomic E-state index is 13.4. The lowest BCUT2D eigenvalue weighted by Crippen LogP contribution is -2.54. The van der Waals surface area contributed by atoms with E-state index in [9.17, 15) is 12.8 Å². The van der Waals surface area contributed by atoms with Crippen LogP contribution in [0.5, 0.6) is 11.6 Å². The number of hydrogen-bond donors (Lipinski definition) is 0. The van der Waals surface area contributed by atoms with E-state index in [4.69, 9.17) is 4.74 Å². The number of halogens is 1. The molecular weight excluding hydrogens is 419 g/mol. The third-order valence-electron chi connectivity index (χ3n) is 5.16. The van der Waals surface area contributed by atoms with Crippen LogP contribution in [0.3, 0.4) is 0 Å². The Bertz CT molecular complexity index is 1170. The fourth-order valence-electron chi connectivity index (χ4n) is 3.56. The Hall–Kier alpha value is -3.04. The summed E-state index contributed by atoms with van der Waals surface area (Å²) in [6.07, 6.45) is 1.38. The normalized spacial score (nSPS) is 17.5. The second kappa shape index (κ2) is 8.60. The Labute approximate surface area is 181 Å². The van der Waals surface area contributed by atoms with Crippen molar-refractivity contribution in [1.82, 2.24) is 14.3 Å². The number of piperazine rings is 1. The van der Waals surface area contributed by atoms with Gasteiger partial charge in [0, 0.05) is 37.8 Å². The minimum atomic E-state index is -3.57. The molecule has 0 unspecified atom stereocenters. The molecule has 9 heteroatoms. The van der Waals surface area contributed by atoms with Gasteiger partial charge in [0.05, 0.1) is 4.90 Å². The molecule has 0 N–H and O–H groups in total. The summed E-state index contributed by atoms with van der Waals surface area (Å²) in [7, 11) is -3.57. The van der Waals surface area contributed by atoms with E-state index in [1.54, 1.807) is 42.5 Å². The van der Waals surface area contributed by atoms with Crippen molar-refractivity contribution in [1.29, 1.82) is 0 Å². The van der Waals surface area contributed by atoms with Crippen molar-refractivity contribution in [3.63, 3.8) is 0 Å². The molecule has 162 valence electrons. The molecule has 1 aliphatic rings. The Morgan fingerprint density at radius 3 is 2.55 bits per heavy atom. The van der Waals surface area contributed by atoms with E-state index in [0.29, 0.717) is 36.1 Å². The van der Waals surface area contributed by atoms with E-state index in [0.717, 1.165) is 5.56 Å². The molecule has 3 aromatic rings. The van der Waals surface area contributed by atoms with Crippen LogP contribution in [0.1, 0.15) is 12.5 Å². The van der Waals surface area contributed by atoms with E-state index in [-0.39, 0.29) is 11.9 Å². The molecule has 4 rings (SSSR count). The van der Waals surface area contributed by atoms with Crippen LogP contribution in [0, 0.1) is 12.7 Å². The molecule has 2 heterocycles. The van der Waals surface area contributed by atoms with E-state index >= 15 is 0 Å². The van der Waals surface area contributed by atoms with Crippen LogP contribution in [0.15, 0.2) is 65.8 Å². The molecule has 0 bridgehead atoms. The van der Waals surface area contributed by atoms with Gasteiger partial charge in [-0.1, -0.05) is 23.8 Å². The standard InChI is InChI=1S/C22H23FN4O3S/c1-16-6-8-20(9-7-16)31(28,29)27-11-10-26(14-17(27)2)21-13-22(25-15-24-21)30-19-5-3-4-18(23)12-19/h3-9,12-13,15,17H,10-11,14H2,1-2H3/t17-/m1/s1. The Morgan fingerprint density at radius 1 is 1.06 bits per heavy atom. The first-order valence-electron chi connectivity index (χ1n) is 9.92.